The predicted molar refractivity (Wildman–Crippen MR) is 154 cm³/mol. The number of methoxy groups -OCH3 is 1. The summed E-state index contributed by atoms with van der Waals surface area (Å²) < 4.78 is 11.6. The Morgan fingerprint density at radius 2 is 1.95 bits per heavy atom. The minimum absolute atomic E-state index is 0.272. The van der Waals surface area contributed by atoms with E-state index >= 15 is 0 Å². The Kier molecular flexibility index (Phi) is 7.50. The van der Waals surface area contributed by atoms with Crippen molar-refractivity contribution in [1.29, 1.82) is 0 Å². The number of pyridine rings is 2. The molecule has 208 valence electrons. The zero-order valence-electron chi connectivity index (χ0n) is 23.0. The zero-order valence-corrected chi connectivity index (χ0v) is 23.0. The molecule has 3 aromatic heterocycles. The van der Waals surface area contributed by atoms with E-state index in [0.717, 1.165) is 73.3 Å². The number of aromatic amines is 1. The first-order valence-corrected chi connectivity index (χ1v) is 14.0. The third-order valence-corrected chi connectivity index (χ3v) is 7.81. The van der Waals surface area contributed by atoms with E-state index in [1.807, 2.05) is 42.3 Å². The Labute approximate surface area is 233 Å². The van der Waals surface area contributed by atoms with Crippen LogP contribution >= 0.6 is 0 Å². The molecule has 4 aromatic rings. The van der Waals surface area contributed by atoms with E-state index in [9.17, 15) is 4.79 Å². The van der Waals surface area contributed by atoms with E-state index in [1.54, 1.807) is 19.5 Å². The van der Waals surface area contributed by atoms with Gasteiger partial charge in [0, 0.05) is 62.2 Å². The molecule has 10 heteroatoms. The second-order valence-corrected chi connectivity index (χ2v) is 10.3. The third kappa shape index (κ3) is 5.31. The number of carbonyl (C=O) groups excluding carboxylic acids is 1. The second kappa shape index (κ2) is 11.5. The normalized spacial score (nSPS) is 16.1. The molecule has 0 radical (unpaired) electrons. The fourth-order valence-electron chi connectivity index (χ4n) is 5.44. The molecular formula is C30H35N7O3. The summed E-state index contributed by atoms with van der Waals surface area (Å²) >= 11 is 0. The van der Waals surface area contributed by atoms with Crippen LogP contribution in [0.2, 0.25) is 0 Å². The van der Waals surface area contributed by atoms with Gasteiger partial charge in [-0.2, -0.15) is 0 Å². The maximum Gasteiger partial charge on any atom is 0.225 e. The van der Waals surface area contributed by atoms with Crippen LogP contribution in [0.3, 0.4) is 0 Å². The summed E-state index contributed by atoms with van der Waals surface area (Å²) in [7, 11) is 1.63. The van der Waals surface area contributed by atoms with Crippen molar-refractivity contribution < 1.29 is 14.3 Å². The molecular weight excluding hydrogens is 506 g/mol. The molecule has 0 unspecified atom stereocenters. The summed E-state index contributed by atoms with van der Waals surface area (Å²) in [4.78, 5) is 33.9. The van der Waals surface area contributed by atoms with Crippen LogP contribution in [0.15, 0.2) is 48.9 Å². The highest BCUT2D eigenvalue weighted by molar-refractivity contribution is 5.93. The van der Waals surface area contributed by atoms with Crippen LogP contribution in [-0.4, -0.2) is 75.5 Å². The molecule has 6 rings (SSSR count). The molecule has 1 saturated heterocycles. The number of nitrogens with zero attached hydrogens (tertiary/aromatic N) is 5. The number of carbonyl (C=O) groups is 1. The standard InChI is InChI=1S/C30H35N7O3/c1-3-40-28-23(22-10-11-31-18-25(22)39-2)7-8-24-27(28)35-30(33-24)34-26-17-20(9-12-32-26)19-36-13-15-37(16-14-36)29(38)21-5-4-6-21/h7-12,17-18,21H,3-6,13-16,19H2,1-2H3,(H2,32,33,34,35). The maximum absolute atomic E-state index is 12.6. The van der Waals surface area contributed by atoms with E-state index in [0.29, 0.717) is 35.8 Å². The summed E-state index contributed by atoms with van der Waals surface area (Å²) in [5, 5.41) is 3.33. The molecule has 0 atom stereocenters. The van der Waals surface area contributed by atoms with Gasteiger partial charge in [-0.15, -0.1) is 0 Å². The lowest BCUT2D eigenvalue weighted by Gasteiger charge is -2.38. The van der Waals surface area contributed by atoms with Gasteiger partial charge in [-0.1, -0.05) is 6.42 Å². The zero-order chi connectivity index (χ0) is 27.5. The van der Waals surface area contributed by atoms with Gasteiger partial charge in [0.25, 0.3) is 0 Å². The first kappa shape index (κ1) is 26.1. The van der Waals surface area contributed by atoms with Crippen LogP contribution in [0.5, 0.6) is 11.5 Å². The van der Waals surface area contributed by atoms with E-state index in [2.05, 4.69) is 31.2 Å². The smallest absolute Gasteiger partial charge is 0.225 e. The summed E-state index contributed by atoms with van der Waals surface area (Å²) in [6.07, 6.45) is 8.56. The lowest BCUT2D eigenvalue weighted by Crippen LogP contribution is -2.50. The van der Waals surface area contributed by atoms with Crippen molar-refractivity contribution >= 4 is 28.7 Å². The number of aromatic nitrogens is 4. The molecule has 2 N–H and O–H groups in total. The fourth-order valence-corrected chi connectivity index (χ4v) is 5.44. The SMILES string of the molecule is CCOc1c(-c2ccncc2OC)ccc2[nH]c(Nc3cc(CN4CCN(C(=O)C5CCC5)CC4)ccn3)nc12. The van der Waals surface area contributed by atoms with Gasteiger partial charge < -0.3 is 24.7 Å². The minimum Gasteiger partial charge on any atom is -0.494 e. The van der Waals surface area contributed by atoms with Gasteiger partial charge in [0.2, 0.25) is 11.9 Å². The van der Waals surface area contributed by atoms with Crippen LogP contribution in [0.1, 0.15) is 31.7 Å². The molecule has 10 nitrogen and oxygen atoms in total. The van der Waals surface area contributed by atoms with Crippen molar-refractivity contribution in [3.63, 3.8) is 0 Å². The molecule has 0 bridgehead atoms. The molecule has 1 aromatic carbocycles. The number of rotatable bonds is 9. The number of fused-ring (bicyclic) bond motifs is 1. The molecule has 0 spiro atoms. The van der Waals surface area contributed by atoms with Gasteiger partial charge in [0.05, 0.1) is 25.4 Å². The highest BCUT2D eigenvalue weighted by Gasteiger charge is 2.31. The van der Waals surface area contributed by atoms with Crippen molar-refractivity contribution in [2.75, 3.05) is 45.2 Å². The van der Waals surface area contributed by atoms with Gasteiger partial charge in [0.1, 0.15) is 17.1 Å². The van der Waals surface area contributed by atoms with Crippen LogP contribution in [-0.2, 0) is 11.3 Å². The maximum atomic E-state index is 12.6. The van der Waals surface area contributed by atoms with E-state index in [-0.39, 0.29) is 5.92 Å². The molecule has 4 heterocycles. The average Bonchev–Trinajstić information content (AvgIpc) is 3.36. The number of hydrogen-bond acceptors (Lipinski definition) is 8. The highest BCUT2D eigenvalue weighted by atomic mass is 16.5. The number of benzene rings is 1. The summed E-state index contributed by atoms with van der Waals surface area (Å²) in [6.45, 7) is 6.66. The first-order valence-electron chi connectivity index (χ1n) is 14.0. The average molecular weight is 542 g/mol. The van der Waals surface area contributed by atoms with E-state index in [1.165, 1.54) is 6.42 Å². The minimum atomic E-state index is 0.272. The third-order valence-electron chi connectivity index (χ3n) is 7.81. The quantitative estimate of drug-likeness (QED) is 0.316. The Morgan fingerprint density at radius 1 is 1.10 bits per heavy atom. The molecule has 1 aliphatic heterocycles. The number of H-pyrrole nitrogens is 1. The van der Waals surface area contributed by atoms with Gasteiger partial charge in [0.15, 0.2) is 5.75 Å². The van der Waals surface area contributed by atoms with Crippen molar-refractivity contribution in [1.82, 2.24) is 29.7 Å². The highest BCUT2D eigenvalue weighted by Crippen LogP contribution is 2.40. The van der Waals surface area contributed by atoms with Crippen molar-refractivity contribution in [3.8, 4) is 22.6 Å². The van der Waals surface area contributed by atoms with E-state index in [4.69, 9.17) is 14.5 Å². The predicted octanol–water partition coefficient (Wildman–Crippen LogP) is 4.62. The Hall–Kier alpha value is -4.18. The van der Waals surface area contributed by atoms with Crippen molar-refractivity contribution in [2.24, 2.45) is 5.92 Å². The number of anilines is 2. The number of ether oxygens (including phenoxy) is 2. The monoisotopic (exact) mass is 541 g/mol. The van der Waals surface area contributed by atoms with Gasteiger partial charge in [-0.3, -0.25) is 14.7 Å². The van der Waals surface area contributed by atoms with Crippen LogP contribution in [0, 0.1) is 5.92 Å². The van der Waals surface area contributed by atoms with Crippen LogP contribution in [0.4, 0.5) is 11.8 Å². The molecule has 40 heavy (non-hydrogen) atoms. The topological polar surface area (TPSA) is 108 Å². The molecule has 2 aliphatic rings. The number of imidazole rings is 1. The van der Waals surface area contributed by atoms with Gasteiger partial charge in [-0.05, 0) is 55.7 Å². The van der Waals surface area contributed by atoms with Crippen molar-refractivity contribution in [2.45, 2.75) is 32.7 Å². The van der Waals surface area contributed by atoms with Gasteiger partial charge >= 0.3 is 0 Å². The number of nitrogens with one attached hydrogen (secondary N) is 2. The Bertz CT molecular complexity index is 1490. The van der Waals surface area contributed by atoms with Gasteiger partial charge in [-0.25, -0.2) is 9.97 Å². The molecule has 1 saturated carbocycles. The van der Waals surface area contributed by atoms with E-state index < -0.39 is 0 Å². The lowest BCUT2D eigenvalue weighted by atomic mass is 9.84. The Balaban J connectivity index is 1.16. The van der Waals surface area contributed by atoms with Crippen LogP contribution < -0.4 is 14.8 Å². The first-order chi connectivity index (χ1) is 19.6. The largest absolute Gasteiger partial charge is 0.494 e. The van der Waals surface area contributed by atoms with Crippen molar-refractivity contribution in [3.05, 3.63) is 54.5 Å². The lowest BCUT2D eigenvalue weighted by molar-refractivity contribution is -0.140. The second-order valence-electron chi connectivity index (χ2n) is 10.3. The number of hydrogen-bond donors (Lipinski definition) is 2. The summed E-state index contributed by atoms with van der Waals surface area (Å²) in [5.74, 6) is 3.28. The molecule has 1 amide bonds. The Morgan fingerprint density at radius 3 is 2.70 bits per heavy atom. The van der Waals surface area contributed by atoms with Crippen LogP contribution in [0.25, 0.3) is 22.2 Å². The fraction of sp³-hybridized carbons (Fsp3) is 0.400. The summed E-state index contributed by atoms with van der Waals surface area (Å²) in [5.41, 5.74) is 4.53. The number of amides is 1. The molecule has 2 fully saturated rings. The number of piperazine rings is 1. The molecule has 1 aliphatic carbocycles. The summed E-state index contributed by atoms with van der Waals surface area (Å²) in [6, 6.07) is 10.00.